The first-order chi connectivity index (χ1) is 9.12. The molecule has 4 nitrogen and oxygen atoms in total. The molecule has 1 aliphatic rings. The third kappa shape index (κ3) is 4.74. The van der Waals surface area contributed by atoms with Gasteiger partial charge in [0.1, 0.15) is 0 Å². The molecule has 0 radical (unpaired) electrons. The summed E-state index contributed by atoms with van der Waals surface area (Å²) in [6.07, 6.45) is 3.77. The zero-order valence-corrected chi connectivity index (χ0v) is 13.4. The molecule has 1 aromatic rings. The smallest absolute Gasteiger partial charge is 0.240 e. The van der Waals surface area contributed by atoms with Gasteiger partial charge in [0.15, 0.2) is 0 Å². The summed E-state index contributed by atoms with van der Waals surface area (Å²) in [7, 11) is -3.37. The molecule has 20 heavy (non-hydrogen) atoms. The number of halogens is 1. The van der Waals surface area contributed by atoms with Gasteiger partial charge in [-0.25, -0.2) is 13.1 Å². The van der Waals surface area contributed by atoms with Crippen LogP contribution in [0.15, 0.2) is 29.2 Å². The lowest BCUT2D eigenvalue weighted by molar-refractivity contribution is 0.427. The minimum atomic E-state index is -3.37. The van der Waals surface area contributed by atoms with Crippen LogP contribution < -0.4 is 10.0 Å². The maximum atomic E-state index is 12.2. The normalized spacial score (nSPS) is 16.6. The molecule has 1 fully saturated rings. The van der Waals surface area contributed by atoms with Gasteiger partial charge in [-0.15, -0.1) is 12.4 Å². The van der Waals surface area contributed by atoms with Gasteiger partial charge in [0, 0.05) is 6.04 Å². The van der Waals surface area contributed by atoms with Gasteiger partial charge in [-0.3, -0.25) is 0 Å². The van der Waals surface area contributed by atoms with Gasteiger partial charge in [0.25, 0.3) is 0 Å². The summed E-state index contributed by atoms with van der Waals surface area (Å²) < 4.78 is 27.3. The number of aryl methyl sites for hydroxylation is 1. The van der Waals surface area contributed by atoms with E-state index in [1.54, 1.807) is 12.1 Å². The standard InChI is InChI=1S/C14H22N2O2S.ClH/c1-2-3-12-4-6-14(7-5-12)19(17,18)16-13-8-10-15-11-9-13;/h4-7,13,15-16H,2-3,8-11H2,1H3;1H. The van der Waals surface area contributed by atoms with Gasteiger partial charge in [-0.05, 0) is 50.0 Å². The van der Waals surface area contributed by atoms with Crippen molar-refractivity contribution in [1.82, 2.24) is 10.0 Å². The highest BCUT2D eigenvalue weighted by Crippen LogP contribution is 2.14. The third-order valence-corrected chi connectivity index (χ3v) is 4.97. The van der Waals surface area contributed by atoms with Gasteiger partial charge in [0.05, 0.1) is 4.90 Å². The fourth-order valence-electron chi connectivity index (χ4n) is 2.35. The highest BCUT2D eigenvalue weighted by Gasteiger charge is 2.21. The zero-order valence-electron chi connectivity index (χ0n) is 11.8. The molecule has 0 aromatic heterocycles. The Kier molecular flexibility index (Phi) is 6.95. The second-order valence-corrected chi connectivity index (χ2v) is 6.75. The number of sulfonamides is 1. The number of benzene rings is 1. The monoisotopic (exact) mass is 318 g/mol. The van der Waals surface area contributed by atoms with Crippen molar-refractivity contribution >= 4 is 22.4 Å². The molecule has 2 N–H and O–H groups in total. The predicted octanol–water partition coefficient (Wildman–Crippen LogP) is 2.09. The van der Waals surface area contributed by atoms with Gasteiger partial charge in [0.2, 0.25) is 10.0 Å². The summed E-state index contributed by atoms with van der Waals surface area (Å²) in [5.74, 6) is 0. The summed E-state index contributed by atoms with van der Waals surface area (Å²) >= 11 is 0. The second-order valence-electron chi connectivity index (χ2n) is 5.04. The minimum absolute atomic E-state index is 0. The molecule has 1 heterocycles. The molecule has 0 bridgehead atoms. The molecule has 114 valence electrons. The Bertz CT molecular complexity index is 496. The molecule has 1 aromatic carbocycles. The van der Waals surface area contributed by atoms with E-state index in [1.165, 1.54) is 5.56 Å². The quantitative estimate of drug-likeness (QED) is 0.874. The molecular formula is C14H23ClN2O2S. The van der Waals surface area contributed by atoms with Gasteiger partial charge < -0.3 is 5.32 Å². The molecule has 6 heteroatoms. The zero-order chi connectivity index (χ0) is 13.7. The fraction of sp³-hybridized carbons (Fsp3) is 0.571. The second kappa shape index (κ2) is 7.98. The Balaban J connectivity index is 0.00000200. The van der Waals surface area contributed by atoms with E-state index >= 15 is 0 Å². The molecule has 0 aliphatic carbocycles. The Morgan fingerprint density at radius 1 is 1.20 bits per heavy atom. The number of nitrogens with one attached hydrogen (secondary N) is 2. The molecular weight excluding hydrogens is 296 g/mol. The number of hydrogen-bond acceptors (Lipinski definition) is 3. The van der Waals surface area contributed by atoms with E-state index in [0.29, 0.717) is 4.90 Å². The van der Waals surface area contributed by atoms with Crippen LogP contribution in [0.3, 0.4) is 0 Å². The largest absolute Gasteiger partial charge is 0.317 e. The molecule has 0 saturated carbocycles. The summed E-state index contributed by atoms with van der Waals surface area (Å²) in [6.45, 7) is 3.87. The lowest BCUT2D eigenvalue weighted by Gasteiger charge is -2.23. The molecule has 0 atom stereocenters. The van der Waals surface area contributed by atoms with Crippen LogP contribution in [0.4, 0.5) is 0 Å². The van der Waals surface area contributed by atoms with Gasteiger partial charge in [-0.1, -0.05) is 25.5 Å². The summed E-state index contributed by atoms with van der Waals surface area (Å²) in [5, 5.41) is 3.23. The Morgan fingerprint density at radius 3 is 2.35 bits per heavy atom. The van der Waals surface area contributed by atoms with Crippen LogP contribution in [0.25, 0.3) is 0 Å². The van der Waals surface area contributed by atoms with Crippen molar-refractivity contribution in [2.75, 3.05) is 13.1 Å². The fourth-order valence-corrected chi connectivity index (χ4v) is 3.66. The average molecular weight is 319 g/mol. The highest BCUT2D eigenvalue weighted by atomic mass is 35.5. The first-order valence-corrected chi connectivity index (χ1v) is 8.42. The van der Waals surface area contributed by atoms with Crippen LogP contribution >= 0.6 is 12.4 Å². The van der Waals surface area contributed by atoms with Gasteiger partial charge in [-0.2, -0.15) is 0 Å². The Hall–Kier alpha value is -0.620. The van der Waals surface area contributed by atoms with E-state index < -0.39 is 10.0 Å². The van der Waals surface area contributed by atoms with E-state index in [1.807, 2.05) is 12.1 Å². The topological polar surface area (TPSA) is 58.2 Å². The Labute approximate surface area is 127 Å². The van der Waals surface area contributed by atoms with E-state index in [0.717, 1.165) is 38.8 Å². The van der Waals surface area contributed by atoms with E-state index in [4.69, 9.17) is 0 Å². The van der Waals surface area contributed by atoms with Crippen LogP contribution in [0.5, 0.6) is 0 Å². The Morgan fingerprint density at radius 2 is 1.80 bits per heavy atom. The van der Waals surface area contributed by atoms with Crippen molar-refractivity contribution < 1.29 is 8.42 Å². The summed E-state index contributed by atoms with van der Waals surface area (Å²) in [6, 6.07) is 7.27. The van der Waals surface area contributed by atoms with Crippen molar-refractivity contribution in [2.24, 2.45) is 0 Å². The minimum Gasteiger partial charge on any atom is -0.317 e. The van der Waals surface area contributed by atoms with Crippen molar-refractivity contribution in [3.63, 3.8) is 0 Å². The van der Waals surface area contributed by atoms with Crippen LogP contribution in [-0.2, 0) is 16.4 Å². The summed E-state index contributed by atoms with van der Waals surface area (Å²) in [4.78, 5) is 0.367. The van der Waals surface area contributed by atoms with Crippen molar-refractivity contribution in [2.45, 2.75) is 43.5 Å². The van der Waals surface area contributed by atoms with Crippen LogP contribution in [0.2, 0.25) is 0 Å². The maximum absolute atomic E-state index is 12.2. The summed E-state index contributed by atoms with van der Waals surface area (Å²) in [5.41, 5.74) is 1.18. The molecule has 1 aliphatic heterocycles. The molecule has 1 saturated heterocycles. The molecule has 2 rings (SSSR count). The van der Waals surface area contributed by atoms with Crippen molar-refractivity contribution in [3.05, 3.63) is 29.8 Å². The average Bonchev–Trinajstić information content (AvgIpc) is 2.40. The molecule has 0 spiro atoms. The van der Waals surface area contributed by atoms with Crippen molar-refractivity contribution in [3.8, 4) is 0 Å². The van der Waals surface area contributed by atoms with E-state index in [-0.39, 0.29) is 18.4 Å². The SMILES string of the molecule is CCCc1ccc(S(=O)(=O)NC2CCNCC2)cc1.Cl. The lowest BCUT2D eigenvalue weighted by atomic mass is 10.1. The van der Waals surface area contributed by atoms with Crippen LogP contribution in [0.1, 0.15) is 31.7 Å². The van der Waals surface area contributed by atoms with E-state index in [2.05, 4.69) is 17.0 Å². The van der Waals surface area contributed by atoms with Gasteiger partial charge >= 0.3 is 0 Å². The lowest BCUT2D eigenvalue weighted by Crippen LogP contribution is -2.42. The third-order valence-electron chi connectivity index (χ3n) is 3.43. The highest BCUT2D eigenvalue weighted by molar-refractivity contribution is 7.89. The number of rotatable bonds is 5. The molecule has 0 unspecified atom stereocenters. The first-order valence-electron chi connectivity index (χ1n) is 6.94. The van der Waals surface area contributed by atoms with Crippen LogP contribution in [0, 0.1) is 0 Å². The number of piperidine rings is 1. The maximum Gasteiger partial charge on any atom is 0.240 e. The first kappa shape index (κ1) is 17.4. The number of hydrogen-bond donors (Lipinski definition) is 2. The van der Waals surface area contributed by atoms with E-state index in [9.17, 15) is 8.42 Å². The molecule has 0 amide bonds. The van der Waals surface area contributed by atoms with Crippen molar-refractivity contribution in [1.29, 1.82) is 0 Å². The predicted molar refractivity (Wildman–Crippen MR) is 83.9 cm³/mol. The van der Waals surface area contributed by atoms with Crippen LogP contribution in [-0.4, -0.2) is 27.5 Å².